The number of hydrogen-bond acceptors (Lipinski definition) is 5. The number of benzene rings is 1. The van der Waals surface area contributed by atoms with Gasteiger partial charge in [0, 0.05) is 34.4 Å². The zero-order valence-corrected chi connectivity index (χ0v) is 17.1. The van der Waals surface area contributed by atoms with Gasteiger partial charge in [-0.3, -0.25) is 14.6 Å². The first kappa shape index (κ1) is 19.4. The Morgan fingerprint density at radius 1 is 1.24 bits per heavy atom. The Morgan fingerprint density at radius 2 is 2.07 bits per heavy atom. The number of pyridine rings is 1. The number of nitrogens with zero attached hydrogens (tertiary/aromatic N) is 2. The Balaban J connectivity index is 1.87. The average Bonchev–Trinajstić information content (AvgIpc) is 3.24. The maximum absolute atomic E-state index is 13.0. The molecule has 5 nitrogen and oxygen atoms in total. The maximum atomic E-state index is 13.0. The van der Waals surface area contributed by atoms with E-state index in [9.17, 15) is 14.7 Å². The molecule has 0 aliphatic carbocycles. The highest BCUT2D eigenvalue weighted by Crippen LogP contribution is 2.43. The van der Waals surface area contributed by atoms with Crippen LogP contribution in [0.1, 0.15) is 27.6 Å². The molecule has 0 bridgehead atoms. The number of aryl methyl sites for hydroxylation is 1. The molecule has 0 saturated carbocycles. The van der Waals surface area contributed by atoms with E-state index in [0.29, 0.717) is 10.6 Å². The van der Waals surface area contributed by atoms with Crippen LogP contribution in [0.2, 0.25) is 5.02 Å². The minimum atomic E-state index is -0.704. The molecule has 0 spiro atoms. The Hall–Kier alpha value is -2.96. The Morgan fingerprint density at radius 3 is 2.72 bits per heavy atom. The van der Waals surface area contributed by atoms with Gasteiger partial charge in [0.05, 0.1) is 5.57 Å². The summed E-state index contributed by atoms with van der Waals surface area (Å²) in [5.74, 6) is -1.57. The van der Waals surface area contributed by atoms with Crippen molar-refractivity contribution in [2.75, 3.05) is 0 Å². The lowest BCUT2D eigenvalue weighted by molar-refractivity contribution is -0.140. The number of likely N-dealkylation sites (tertiary alicyclic amines) is 1. The number of aliphatic hydroxyl groups is 1. The van der Waals surface area contributed by atoms with Gasteiger partial charge in [-0.05, 0) is 47.7 Å². The van der Waals surface area contributed by atoms with Crippen molar-refractivity contribution in [2.24, 2.45) is 0 Å². The lowest BCUT2D eigenvalue weighted by Crippen LogP contribution is -2.29. The molecule has 1 aromatic carbocycles. The average molecular weight is 425 g/mol. The number of amides is 1. The number of halogens is 1. The van der Waals surface area contributed by atoms with Crippen molar-refractivity contribution in [2.45, 2.75) is 19.5 Å². The summed E-state index contributed by atoms with van der Waals surface area (Å²) < 4.78 is 0. The minimum Gasteiger partial charge on any atom is -0.507 e. The van der Waals surface area contributed by atoms with E-state index in [-0.39, 0.29) is 17.9 Å². The highest BCUT2D eigenvalue weighted by atomic mass is 35.5. The molecule has 1 fully saturated rings. The molecule has 4 rings (SSSR count). The molecule has 146 valence electrons. The largest absolute Gasteiger partial charge is 0.507 e. The van der Waals surface area contributed by atoms with E-state index in [2.05, 4.69) is 4.98 Å². The van der Waals surface area contributed by atoms with Gasteiger partial charge in [0.1, 0.15) is 11.8 Å². The van der Waals surface area contributed by atoms with E-state index < -0.39 is 17.7 Å². The fourth-order valence-electron chi connectivity index (χ4n) is 3.46. The van der Waals surface area contributed by atoms with Gasteiger partial charge < -0.3 is 10.0 Å². The molecule has 1 aliphatic rings. The van der Waals surface area contributed by atoms with Gasteiger partial charge in [-0.2, -0.15) is 0 Å². The monoisotopic (exact) mass is 424 g/mol. The topological polar surface area (TPSA) is 70.5 Å². The van der Waals surface area contributed by atoms with Crippen LogP contribution < -0.4 is 0 Å². The van der Waals surface area contributed by atoms with Crippen LogP contribution in [0.5, 0.6) is 0 Å². The minimum absolute atomic E-state index is 0.0757. The number of carbonyl (C=O) groups excluding carboxylic acids is 2. The number of aliphatic hydroxyl groups excluding tert-OH is 1. The van der Waals surface area contributed by atoms with Crippen molar-refractivity contribution >= 4 is 40.4 Å². The molecule has 29 heavy (non-hydrogen) atoms. The van der Waals surface area contributed by atoms with Crippen LogP contribution in [0.3, 0.4) is 0 Å². The summed E-state index contributed by atoms with van der Waals surface area (Å²) in [5, 5.41) is 13.3. The molecule has 0 radical (unpaired) electrons. The van der Waals surface area contributed by atoms with Crippen molar-refractivity contribution in [3.05, 3.63) is 92.4 Å². The molecule has 7 heteroatoms. The van der Waals surface area contributed by atoms with Gasteiger partial charge in [0.15, 0.2) is 0 Å². The summed E-state index contributed by atoms with van der Waals surface area (Å²) in [4.78, 5) is 32.3. The first-order valence-electron chi connectivity index (χ1n) is 8.94. The molecule has 3 aromatic rings. The fourth-order valence-corrected chi connectivity index (χ4v) is 4.70. The van der Waals surface area contributed by atoms with Crippen molar-refractivity contribution < 1.29 is 14.7 Å². The van der Waals surface area contributed by atoms with Crippen LogP contribution in [-0.2, 0) is 16.1 Å². The van der Waals surface area contributed by atoms with Gasteiger partial charge in [-0.1, -0.05) is 29.8 Å². The SMILES string of the molecule is Cc1ccsc1C1/C(=C(/O)c2cccc(Cl)c2)C(=O)C(=O)N1Cc1cccnc1. The molecule has 1 unspecified atom stereocenters. The number of hydrogen-bond donors (Lipinski definition) is 1. The second-order valence-corrected chi connectivity index (χ2v) is 8.15. The quantitative estimate of drug-likeness (QED) is 0.373. The lowest BCUT2D eigenvalue weighted by atomic mass is 9.98. The van der Waals surface area contributed by atoms with Gasteiger partial charge in [0.2, 0.25) is 0 Å². The van der Waals surface area contributed by atoms with E-state index in [4.69, 9.17) is 11.6 Å². The van der Waals surface area contributed by atoms with Crippen LogP contribution in [0.25, 0.3) is 5.76 Å². The van der Waals surface area contributed by atoms with Crippen molar-refractivity contribution in [3.63, 3.8) is 0 Å². The molecule has 2 aromatic heterocycles. The molecule has 1 atom stereocenters. The predicted octanol–water partition coefficient (Wildman–Crippen LogP) is 4.73. The summed E-state index contributed by atoms with van der Waals surface area (Å²) in [7, 11) is 0. The molecule has 3 heterocycles. The molecule has 1 N–H and O–H groups in total. The Bertz CT molecular complexity index is 1120. The lowest BCUT2D eigenvalue weighted by Gasteiger charge is -2.24. The van der Waals surface area contributed by atoms with Crippen LogP contribution in [0, 0.1) is 6.92 Å². The smallest absolute Gasteiger partial charge is 0.295 e. The molecular formula is C22H17ClN2O3S. The first-order chi connectivity index (χ1) is 14.0. The zero-order chi connectivity index (χ0) is 20.5. The third-order valence-corrected chi connectivity index (χ3v) is 6.17. The Labute approximate surface area is 176 Å². The normalized spacial score (nSPS) is 18.4. The van der Waals surface area contributed by atoms with Crippen molar-refractivity contribution in [3.8, 4) is 0 Å². The number of thiophene rings is 1. The van der Waals surface area contributed by atoms with Crippen molar-refractivity contribution in [1.29, 1.82) is 0 Å². The van der Waals surface area contributed by atoms with E-state index in [1.54, 1.807) is 42.7 Å². The number of aromatic nitrogens is 1. The van der Waals surface area contributed by atoms with E-state index >= 15 is 0 Å². The second kappa shape index (κ2) is 7.81. The molecule has 1 saturated heterocycles. The molecule has 1 amide bonds. The van der Waals surface area contributed by atoms with Crippen LogP contribution in [0.4, 0.5) is 0 Å². The molecule has 1 aliphatic heterocycles. The fraction of sp³-hybridized carbons (Fsp3) is 0.136. The van der Waals surface area contributed by atoms with E-state index in [1.807, 2.05) is 24.4 Å². The number of carbonyl (C=O) groups is 2. The van der Waals surface area contributed by atoms with Gasteiger partial charge in [0.25, 0.3) is 11.7 Å². The summed E-state index contributed by atoms with van der Waals surface area (Å²) in [5.41, 5.74) is 2.23. The first-order valence-corrected chi connectivity index (χ1v) is 10.2. The standard InChI is InChI=1S/C22H17ClN2O3S/c1-13-7-9-29-21(13)18-17(19(26)15-5-2-6-16(23)10-15)20(27)22(28)25(18)12-14-4-3-8-24-11-14/h2-11,18,26H,12H2,1H3/b19-17-. The third-order valence-electron chi connectivity index (χ3n) is 4.86. The van der Waals surface area contributed by atoms with E-state index in [0.717, 1.165) is 16.0 Å². The van der Waals surface area contributed by atoms with Crippen LogP contribution in [0.15, 0.2) is 65.8 Å². The van der Waals surface area contributed by atoms with Gasteiger partial charge in [-0.15, -0.1) is 11.3 Å². The zero-order valence-electron chi connectivity index (χ0n) is 15.5. The summed E-state index contributed by atoms with van der Waals surface area (Å²) >= 11 is 7.51. The number of ketones is 1. The van der Waals surface area contributed by atoms with E-state index in [1.165, 1.54) is 16.2 Å². The molecular weight excluding hydrogens is 408 g/mol. The van der Waals surface area contributed by atoms with Gasteiger partial charge >= 0.3 is 0 Å². The number of Topliss-reactive ketones (excluding diaryl/α,β-unsaturated/α-hetero) is 1. The van der Waals surface area contributed by atoms with Crippen LogP contribution in [-0.4, -0.2) is 26.7 Å². The maximum Gasteiger partial charge on any atom is 0.295 e. The highest BCUT2D eigenvalue weighted by molar-refractivity contribution is 7.10. The number of rotatable bonds is 4. The van der Waals surface area contributed by atoms with Gasteiger partial charge in [-0.25, -0.2) is 0 Å². The third kappa shape index (κ3) is 3.57. The Kier molecular flexibility index (Phi) is 5.22. The summed E-state index contributed by atoms with van der Waals surface area (Å²) in [6, 6.07) is 11.5. The second-order valence-electron chi connectivity index (χ2n) is 6.77. The summed E-state index contributed by atoms with van der Waals surface area (Å²) in [6.07, 6.45) is 3.31. The van der Waals surface area contributed by atoms with Crippen molar-refractivity contribution in [1.82, 2.24) is 9.88 Å². The summed E-state index contributed by atoms with van der Waals surface area (Å²) in [6.45, 7) is 2.14. The highest BCUT2D eigenvalue weighted by Gasteiger charge is 2.47. The predicted molar refractivity (Wildman–Crippen MR) is 113 cm³/mol. The van der Waals surface area contributed by atoms with Crippen LogP contribution >= 0.6 is 22.9 Å².